The summed E-state index contributed by atoms with van der Waals surface area (Å²) in [6.07, 6.45) is 3.91. The highest BCUT2D eigenvalue weighted by Crippen LogP contribution is 2.32. The van der Waals surface area contributed by atoms with Gasteiger partial charge in [-0.15, -0.1) is 0 Å². The van der Waals surface area contributed by atoms with E-state index < -0.39 is 0 Å². The Hall–Kier alpha value is -1.38. The summed E-state index contributed by atoms with van der Waals surface area (Å²) in [6, 6.07) is 6.59. The van der Waals surface area contributed by atoms with E-state index in [1.165, 1.54) is 19.3 Å². The average molecular weight is 235 g/mol. The lowest BCUT2D eigenvalue weighted by Gasteiger charge is -2.19. The number of ether oxygens (including phenoxy) is 2. The summed E-state index contributed by atoms with van der Waals surface area (Å²) in [4.78, 5) is 0. The first-order valence-electron chi connectivity index (χ1n) is 6.23. The lowest BCUT2D eigenvalue weighted by Crippen LogP contribution is -2.21. The lowest BCUT2D eigenvalue weighted by atomic mass is 10.1. The van der Waals surface area contributed by atoms with Gasteiger partial charge >= 0.3 is 0 Å². The molecule has 0 spiro atoms. The van der Waals surface area contributed by atoms with Crippen LogP contribution in [0.2, 0.25) is 0 Å². The van der Waals surface area contributed by atoms with E-state index in [4.69, 9.17) is 9.47 Å². The maximum absolute atomic E-state index is 5.30. The third kappa shape index (κ3) is 2.65. The molecule has 3 heteroatoms. The topological polar surface area (TPSA) is 30.5 Å². The van der Waals surface area contributed by atoms with E-state index in [1.54, 1.807) is 14.2 Å². The molecule has 1 aliphatic rings. The minimum absolute atomic E-state index is 0.591. The minimum Gasteiger partial charge on any atom is -0.493 e. The Morgan fingerprint density at radius 3 is 2.47 bits per heavy atom. The minimum atomic E-state index is 0.591. The monoisotopic (exact) mass is 235 g/mol. The van der Waals surface area contributed by atoms with Crippen LogP contribution in [0.25, 0.3) is 0 Å². The fourth-order valence-electron chi connectivity index (χ4n) is 2.50. The van der Waals surface area contributed by atoms with Crippen molar-refractivity contribution >= 4 is 5.69 Å². The van der Waals surface area contributed by atoms with Gasteiger partial charge in [0, 0.05) is 17.8 Å². The van der Waals surface area contributed by atoms with Gasteiger partial charge in [0.2, 0.25) is 0 Å². The molecule has 1 N–H and O–H groups in total. The molecule has 1 aromatic carbocycles. The molecule has 0 radical (unpaired) electrons. The summed E-state index contributed by atoms with van der Waals surface area (Å²) >= 11 is 0. The average Bonchev–Trinajstić information content (AvgIpc) is 2.75. The second-order valence-electron chi connectivity index (χ2n) is 4.73. The number of hydrogen-bond acceptors (Lipinski definition) is 3. The van der Waals surface area contributed by atoms with Crippen molar-refractivity contribution in [2.24, 2.45) is 5.92 Å². The molecule has 2 atom stereocenters. The van der Waals surface area contributed by atoms with Gasteiger partial charge < -0.3 is 14.8 Å². The van der Waals surface area contributed by atoms with Crippen molar-refractivity contribution in [3.8, 4) is 11.5 Å². The molecule has 1 fully saturated rings. The molecule has 1 aliphatic carbocycles. The van der Waals surface area contributed by atoms with Gasteiger partial charge in [-0.25, -0.2) is 0 Å². The first-order chi connectivity index (χ1) is 8.24. The Morgan fingerprint density at radius 2 is 1.88 bits per heavy atom. The maximum Gasteiger partial charge on any atom is 0.162 e. The zero-order valence-corrected chi connectivity index (χ0v) is 10.8. The number of benzene rings is 1. The number of rotatable bonds is 4. The van der Waals surface area contributed by atoms with Gasteiger partial charge in [-0.1, -0.05) is 13.3 Å². The van der Waals surface area contributed by atoms with Crippen LogP contribution in [0, 0.1) is 5.92 Å². The summed E-state index contributed by atoms with van der Waals surface area (Å²) in [5.74, 6) is 2.31. The Balaban J connectivity index is 2.10. The van der Waals surface area contributed by atoms with Gasteiger partial charge in [0.05, 0.1) is 14.2 Å². The molecule has 0 aliphatic heterocycles. The first-order valence-corrected chi connectivity index (χ1v) is 6.23. The van der Waals surface area contributed by atoms with Gasteiger partial charge in [-0.3, -0.25) is 0 Å². The molecular formula is C14H21NO2. The molecule has 0 aromatic heterocycles. The Kier molecular flexibility index (Phi) is 3.77. The summed E-state index contributed by atoms with van der Waals surface area (Å²) in [5, 5.41) is 3.58. The van der Waals surface area contributed by atoms with Crippen LogP contribution >= 0.6 is 0 Å². The summed E-state index contributed by atoms with van der Waals surface area (Å²) < 4.78 is 10.5. The summed E-state index contributed by atoms with van der Waals surface area (Å²) in [7, 11) is 3.32. The second kappa shape index (κ2) is 5.30. The van der Waals surface area contributed by atoms with Crippen LogP contribution in [-0.4, -0.2) is 20.3 Å². The van der Waals surface area contributed by atoms with Crippen LogP contribution in [0.5, 0.6) is 11.5 Å². The molecule has 17 heavy (non-hydrogen) atoms. The smallest absolute Gasteiger partial charge is 0.162 e. The van der Waals surface area contributed by atoms with Crippen molar-refractivity contribution in [3.63, 3.8) is 0 Å². The van der Waals surface area contributed by atoms with Crippen LogP contribution in [0.3, 0.4) is 0 Å². The van der Waals surface area contributed by atoms with Crippen LogP contribution in [0.4, 0.5) is 5.69 Å². The van der Waals surface area contributed by atoms with Gasteiger partial charge in [0.1, 0.15) is 0 Å². The standard InChI is InChI=1S/C14H21NO2/c1-10-5-4-6-12(10)15-11-7-8-13(16-2)14(9-11)17-3/h7-10,12,15H,4-6H2,1-3H3. The SMILES string of the molecule is COc1ccc(NC2CCCC2C)cc1OC. The molecule has 94 valence electrons. The molecule has 0 amide bonds. The fourth-order valence-corrected chi connectivity index (χ4v) is 2.50. The van der Waals surface area contributed by atoms with Crippen molar-refractivity contribution in [1.82, 2.24) is 0 Å². The number of hydrogen-bond donors (Lipinski definition) is 1. The lowest BCUT2D eigenvalue weighted by molar-refractivity contribution is 0.355. The molecule has 2 rings (SSSR count). The third-order valence-electron chi connectivity index (χ3n) is 3.60. The molecule has 2 unspecified atom stereocenters. The van der Waals surface area contributed by atoms with E-state index in [2.05, 4.69) is 12.2 Å². The Morgan fingerprint density at radius 1 is 1.12 bits per heavy atom. The Labute approximate surface area is 103 Å². The molecule has 3 nitrogen and oxygen atoms in total. The van der Waals surface area contributed by atoms with E-state index in [1.807, 2.05) is 18.2 Å². The van der Waals surface area contributed by atoms with Crippen LogP contribution < -0.4 is 14.8 Å². The predicted molar refractivity (Wildman–Crippen MR) is 70.0 cm³/mol. The van der Waals surface area contributed by atoms with Gasteiger partial charge in [0.15, 0.2) is 11.5 Å². The van der Waals surface area contributed by atoms with E-state index >= 15 is 0 Å². The molecular weight excluding hydrogens is 214 g/mol. The van der Waals surface area contributed by atoms with E-state index in [0.717, 1.165) is 23.1 Å². The van der Waals surface area contributed by atoms with Crippen LogP contribution in [0.1, 0.15) is 26.2 Å². The van der Waals surface area contributed by atoms with Gasteiger partial charge in [0.25, 0.3) is 0 Å². The normalized spacial score (nSPS) is 23.5. The van der Waals surface area contributed by atoms with E-state index in [9.17, 15) is 0 Å². The molecule has 0 bridgehead atoms. The van der Waals surface area contributed by atoms with Crippen molar-refractivity contribution in [3.05, 3.63) is 18.2 Å². The zero-order valence-electron chi connectivity index (χ0n) is 10.8. The zero-order chi connectivity index (χ0) is 12.3. The quantitative estimate of drug-likeness (QED) is 0.868. The maximum atomic E-state index is 5.30. The van der Waals surface area contributed by atoms with Crippen molar-refractivity contribution in [2.45, 2.75) is 32.2 Å². The second-order valence-corrected chi connectivity index (χ2v) is 4.73. The highest BCUT2D eigenvalue weighted by molar-refractivity contribution is 5.55. The van der Waals surface area contributed by atoms with E-state index in [0.29, 0.717) is 6.04 Å². The first kappa shape index (κ1) is 12.1. The highest BCUT2D eigenvalue weighted by Gasteiger charge is 2.23. The highest BCUT2D eigenvalue weighted by atomic mass is 16.5. The Bertz CT molecular complexity index is 378. The fraction of sp³-hybridized carbons (Fsp3) is 0.571. The van der Waals surface area contributed by atoms with Gasteiger partial charge in [-0.05, 0) is 30.9 Å². The largest absolute Gasteiger partial charge is 0.493 e. The summed E-state index contributed by atoms with van der Waals surface area (Å²) in [5.41, 5.74) is 1.11. The van der Waals surface area contributed by atoms with E-state index in [-0.39, 0.29) is 0 Å². The van der Waals surface area contributed by atoms with Crippen LogP contribution in [0.15, 0.2) is 18.2 Å². The van der Waals surface area contributed by atoms with Crippen LogP contribution in [-0.2, 0) is 0 Å². The van der Waals surface area contributed by atoms with Crippen molar-refractivity contribution in [1.29, 1.82) is 0 Å². The van der Waals surface area contributed by atoms with Crippen molar-refractivity contribution in [2.75, 3.05) is 19.5 Å². The molecule has 0 heterocycles. The molecule has 0 saturated heterocycles. The van der Waals surface area contributed by atoms with Crippen molar-refractivity contribution < 1.29 is 9.47 Å². The number of anilines is 1. The predicted octanol–water partition coefficient (Wildman–Crippen LogP) is 3.30. The molecule has 1 saturated carbocycles. The summed E-state index contributed by atoms with van der Waals surface area (Å²) in [6.45, 7) is 2.31. The molecule has 1 aromatic rings. The number of methoxy groups -OCH3 is 2. The number of nitrogens with one attached hydrogen (secondary N) is 1. The third-order valence-corrected chi connectivity index (χ3v) is 3.60. The van der Waals surface area contributed by atoms with Gasteiger partial charge in [-0.2, -0.15) is 0 Å².